The van der Waals surface area contributed by atoms with Crippen molar-refractivity contribution in [2.24, 2.45) is 4.99 Å². The summed E-state index contributed by atoms with van der Waals surface area (Å²) in [5.41, 5.74) is 2.94. The van der Waals surface area contributed by atoms with Crippen molar-refractivity contribution in [3.8, 4) is 11.5 Å². The van der Waals surface area contributed by atoms with Crippen LogP contribution in [0, 0.1) is 6.92 Å². The molecule has 5 nitrogen and oxygen atoms in total. The summed E-state index contributed by atoms with van der Waals surface area (Å²) in [5.74, 6) is 1.25. The molecule has 0 unspecified atom stereocenters. The molecule has 2 heterocycles. The third-order valence-corrected chi connectivity index (χ3v) is 3.76. The summed E-state index contributed by atoms with van der Waals surface area (Å²) >= 11 is 0. The summed E-state index contributed by atoms with van der Waals surface area (Å²) in [6.07, 6.45) is 1.68. The topological polar surface area (TPSA) is 57.1 Å². The van der Waals surface area contributed by atoms with E-state index in [4.69, 9.17) is 14.2 Å². The van der Waals surface area contributed by atoms with Crippen LogP contribution in [0.5, 0.6) is 11.5 Å². The van der Waals surface area contributed by atoms with Crippen LogP contribution >= 0.6 is 0 Å². The summed E-state index contributed by atoms with van der Waals surface area (Å²) < 4.78 is 16.3. The van der Waals surface area contributed by atoms with Gasteiger partial charge < -0.3 is 14.2 Å². The van der Waals surface area contributed by atoms with E-state index in [2.05, 4.69) is 4.99 Å². The Balaban J connectivity index is 1.66. The number of carbonyl (C=O) groups excluding carboxylic acids is 1. The summed E-state index contributed by atoms with van der Waals surface area (Å²) in [7, 11) is 0. The van der Waals surface area contributed by atoms with Crippen molar-refractivity contribution in [3.63, 3.8) is 0 Å². The summed E-state index contributed by atoms with van der Waals surface area (Å²) in [4.78, 5) is 16.4. The zero-order valence-corrected chi connectivity index (χ0v) is 13.1. The van der Waals surface area contributed by atoms with E-state index < -0.39 is 5.97 Å². The fraction of sp³-hybridized carbons (Fsp3) is 0.158. The number of benzene rings is 2. The van der Waals surface area contributed by atoms with Crippen LogP contribution in [-0.4, -0.2) is 25.1 Å². The van der Waals surface area contributed by atoms with Gasteiger partial charge in [0.05, 0.1) is 0 Å². The number of ether oxygens (including phenoxy) is 3. The first kappa shape index (κ1) is 14.5. The van der Waals surface area contributed by atoms with E-state index in [0.29, 0.717) is 30.6 Å². The number of nitrogens with zero attached hydrogens (tertiary/aromatic N) is 1. The minimum absolute atomic E-state index is 0.267. The van der Waals surface area contributed by atoms with Gasteiger partial charge in [0.25, 0.3) is 0 Å². The van der Waals surface area contributed by atoms with Gasteiger partial charge >= 0.3 is 5.97 Å². The number of hydrogen-bond donors (Lipinski definition) is 0. The van der Waals surface area contributed by atoms with Gasteiger partial charge in [0.2, 0.25) is 5.90 Å². The summed E-state index contributed by atoms with van der Waals surface area (Å²) in [6.45, 7) is 3.04. The predicted molar refractivity (Wildman–Crippen MR) is 89.2 cm³/mol. The van der Waals surface area contributed by atoms with Gasteiger partial charge in [0, 0.05) is 5.56 Å². The molecule has 0 spiro atoms. The highest BCUT2D eigenvalue weighted by Crippen LogP contribution is 2.32. The molecular formula is C19H15NO4. The van der Waals surface area contributed by atoms with Crippen molar-refractivity contribution in [2.45, 2.75) is 6.92 Å². The van der Waals surface area contributed by atoms with Gasteiger partial charge in [-0.25, -0.2) is 9.79 Å². The SMILES string of the molecule is Cc1cccc(C2=NC(=Cc3ccc4c(c3)OCCO4)C(=O)O2)c1. The monoisotopic (exact) mass is 321 g/mol. The van der Waals surface area contributed by atoms with Gasteiger partial charge in [0.15, 0.2) is 17.2 Å². The lowest BCUT2D eigenvalue weighted by Gasteiger charge is -2.18. The van der Waals surface area contributed by atoms with Gasteiger partial charge in [-0.2, -0.15) is 0 Å². The molecule has 0 fully saturated rings. The molecule has 0 aliphatic carbocycles. The Morgan fingerprint density at radius 3 is 2.71 bits per heavy atom. The average molecular weight is 321 g/mol. The van der Waals surface area contributed by atoms with Crippen LogP contribution in [0.25, 0.3) is 6.08 Å². The number of aryl methyl sites for hydroxylation is 1. The van der Waals surface area contributed by atoms with E-state index in [9.17, 15) is 4.79 Å². The van der Waals surface area contributed by atoms with E-state index in [1.165, 1.54) is 0 Å². The van der Waals surface area contributed by atoms with Crippen molar-refractivity contribution in [1.29, 1.82) is 0 Å². The summed E-state index contributed by atoms with van der Waals surface area (Å²) in [5, 5.41) is 0. The Labute approximate surface area is 139 Å². The zero-order valence-electron chi connectivity index (χ0n) is 13.1. The lowest BCUT2D eigenvalue weighted by Crippen LogP contribution is -2.15. The fourth-order valence-corrected chi connectivity index (χ4v) is 2.62. The highest BCUT2D eigenvalue weighted by Gasteiger charge is 2.24. The number of cyclic esters (lactones) is 1. The second-order valence-electron chi connectivity index (χ2n) is 5.61. The standard InChI is InChI=1S/C19H15NO4/c1-12-3-2-4-14(9-12)18-20-15(19(21)24-18)10-13-5-6-16-17(11-13)23-8-7-22-16/h2-6,9-11H,7-8H2,1H3. The van der Waals surface area contributed by atoms with Gasteiger partial charge in [0.1, 0.15) is 13.2 Å². The van der Waals surface area contributed by atoms with Crippen molar-refractivity contribution in [3.05, 3.63) is 64.9 Å². The molecular weight excluding hydrogens is 306 g/mol. The van der Waals surface area contributed by atoms with E-state index in [1.807, 2.05) is 49.4 Å². The van der Waals surface area contributed by atoms with E-state index in [1.54, 1.807) is 6.08 Å². The van der Waals surface area contributed by atoms with Crippen molar-refractivity contribution >= 4 is 17.9 Å². The molecule has 0 aromatic heterocycles. The minimum atomic E-state index is -0.457. The van der Waals surface area contributed by atoms with Gasteiger partial charge in [-0.15, -0.1) is 0 Å². The number of esters is 1. The van der Waals surface area contributed by atoms with Crippen LogP contribution < -0.4 is 9.47 Å². The number of fused-ring (bicyclic) bond motifs is 1. The molecule has 0 N–H and O–H groups in total. The van der Waals surface area contributed by atoms with Crippen LogP contribution in [0.1, 0.15) is 16.7 Å². The van der Waals surface area contributed by atoms with Crippen LogP contribution in [0.15, 0.2) is 53.2 Å². The Kier molecular flexibility index (Phi) is 3.54. The molecule has 24 heavy (non-hydrogen) atoms. The lowest BCUT2D eigenvalue weighted by atomic mass is 10.1. The smallest absolute Gasteiger partial charge is 0.363 e. The highest BCUT2D eigenvalue weighted by atomic mass is 16.6. The van der Waals surface area contributed by atoms with Gasteiger partial charge in [-0.3, -0.25) is 0 Å². The van der Waals surface area contributed by atoms with E-state index >= 15 is 0 Å². The van der Waals surface area contributed by atoms with Crippen molar-refractivity contribution in [1.82, 2.24) is 0 Å². The van der Waals surface area contributed by atoms with E-state index in [-0.39, 0.29) is 5.70 Å². The molecule has 2 aliphatic heterocycles. The third kappa shape index (κ3) is 2.76. The Morgan fingerprint density at radius 2 is 1.88 bits per heavy atom. The maximum atomic E-state index is 12.1. The highest BCUT2D eigenvalue weighted by molar-refractivity contribution is 6.12. The molecule has 4 rings (SSSR count). The van der Waals surface area contributed by atoms with Crippen LogP contribution in [0.4, 0.5) is 0 Å². The first-order valence-corrected chi connectivity index (χ1v) is 7.68. The zero-order chi connectivity index (χ0) is 16.5. The first-order chi connectivity index (χ1) is 11.7. The number of aliphatic imine (C=N–C) groups is 1. The summed E-state index contributed by atoms with van der Waals surface area (Å²) in [6, 6.07) is 13.2. The molecule has 2 aliphatic rings. The van der Waals surface area contributed by atoms with Crippen molar-refractivity contribution in [2.75, 3.05) is 13.2 Å². The maximum Gasteiger partial charge on any atom is 0.363 e. The minimum Gasteiger partial charge on any atom is -0.486 e. The van der Waals surface area contributed by atoms with Gasteiger partial charge in [-0.05, 0) is 42.8 Å². The Morgan fingerprint density at radius 1 is 1.04 bits per heavy atom. The van der Waals surface area contributed by atoms with Crippen molar-refractivity contribution < 1.29 is 19.0 Å². The Hall–Kier alpha value is -3.08. The predicted octanol–water partition coefficient (Wildman–Crippen LogP) is 3.11. The Bertz CT molecular complexity index is 883. The molecule has 120 valence electrons. The number of hydrogen-bond acceptors (Lipinski definition) is 5. The third-order valence-electron chi connectivity index (χ3n) is 3.76. The molecule has 2 aromatic rings. The normalized spacial score (nSPS) is 17.6. The van der Waals surface area contributed by atoms with E-state index in [0.717, 1.165) is 16.7 Å². The molecule has 0 atom stereocenters. The molecule has 0 bridgehead atoms. The number of carbonyl (C=O) groups is 1. The molecule has 0 amide bonds. The molecule has 0 saturated carbocycles. The molecule has 5 heteroatoms. The lowest BCUT2D eigenvalue weighted by molar-refractivity contribution is -0.129. The first-order valence-electron chi connectivity index (χ1n) is 7.68. The van der Waals surface area contributed by atoms with Crippen LogP contribution in [0.2, 0.25) is 0 Å². The average Bonchev–Trinajstić information content (AvgIpc) is 2.96. The molecule has 2 aromatic carbocycles. The van der Waals surface area contributed by atoms with Crippen LogP contribution in [0.3, 0.4) is 0 Å². The number of rotatable bonds is 2. The van der Waals surface area contributed by atoms with Crippen LogP contribution in [-0.2, 0) is 9.53 Å². The second-order valence-corrected chi connectivity index (χ2v) is 5.61. The molecule has 0 radical (unpaired) electrons. The fourth-order valence-electron chi connectivity index (χ4n) is 2.62. The molecule has 0 saturated heterocycles. The largest absolute Gasteiger partial charge is 0.486 e. The van der Waals surface area contributed by atoms with Gasteiger partial charge in [-0.1, -0.05) is 23.8 Å². The quantitative estimate of drug-likeness (QED) is 0.630. The second kappa shape index (κ2) is 5.85. The maximum absolute atomic E-state index is 12.1.